The van der Waals surface area contributed by atoms with Crippen LogP contribution in [-0.2, 0) is 6.42 Å². The second kappa shape index (κ2) is 5.16. The van der Waals surface area contributed by atoms with Gasteiger partial charge in [0.15, 0.2) is 0 Å². The van der Waals surface area contributed by atoms with Crippen LogP contribution in [0.15, 0.2) is 30.7 Å². The summed E-state index contributed by atoms with van der Waals surface area (Å²) in [7, 11) is 0. The number of hydrogen-bond acceptors (Lipinski definition) is 4. The third kappa shape index (κ3) is 2.98. The standard InChI is InChI=1S/C11H15N5/c12-9-3-5-14-11(8-9)13-4-1-2-10-15-6-7-16-10/h3,5-8H,1-2,4H2,(H,15,16)(H3,12,13,14). The van der Waals surface area contributed by atoms with E-state index < -0.39 is 0 Å². The quantitative estimate of drug-likeness (QED) is 0.662. The Bertz CT molecular complexity index is 424. The van der Waals surface area contributed by atoms with Crippen LogP contribution in [0, 0.1) is 0 Å². The number of aromatic nitrogens is 3. The lowest BCUT2D eigenvalue weighted by Crippen LogP contribution is -2.05. The molecule has 2 aromatic heterocycles. The highest BCUT2D eigenvalue weighted by Gasteiger charge is 1.96. The van der Waals surface area contributed by atoms with E-state index in [0.29, 0.717) is 0 Å². The van der Waals surface area contributed by atoms with Crippen LogP contribution in [-0.4, -0.2) is 21.5 Å². The second-order valence-corrected chi connectivity index (χ2v) is 3.54. The first-order chi connectivity index (χ1) is 7.84. The molecule has 0 fully saturated rings. The average molecular weight is 217 g/mol. The van der Waals surface area contributed by atoms with Gasteiger partial charge in [0.1, 0.15) is 11.6 Å². The van der Waals surface area contributed by atoms with Crippen LogP contribution >= 0.6 is 0 Å². The summed E-state index contributed by atoms with van der Waals surface area (Å²) in [5.74, 6) is 1.83. The van der Waals surface area contributed by atoms with Crippen molar-refractivity contribution in [1.29, 1.82) is 0 Å². The van der Waals surface area contributed by atoms with Gasteiger partial charge in [0, 0.05) is 43.3 Å². The molecule has 0 atom stereocenters. The van der Waals surface area contributed by atoms with Crippen molar-refractivity contribution < 1.29 is 0 Å². The molecule has 0 saturated heterocycles. The minimum absolute atomic E-state index is 0.725. The molecule has 4 N–H and O–H groups in total. The Hall–Kier alpha value is -2.04. The molecule has 0 bridgehead atoms. The smallest absolute Gasteiger partial charge is 0.127 e. The minimum atomic E-state index is 0.725. The molecule has 5 nitrogen and oxygen atoms in total. The second-order valence-electron chi connectivity index (χ2n) is 3.54. The molecular weight excluding hydrogens is 202 g/mol. The van der Waals surface area contributed by atoms with Gasteiger partial charge in [0.05, 0.1) is 0 Å². The Morgan fingerprint density at radius 1 is 1.31 bits per heavy atom. The third-order valence-corrected chi connectivity index (χ3v) is 2.24. The number of hydrogen-bond donors (Lipinski definition) is 3. The largest absolute Gasteiger partial charge is 0.399 e. The molecule has 84 valence electrons. The number of nitrogens with one attached hydrogen (secondary N) is 2. The van der Waals surface area contributed by atoms with Crippen molar-refractivity contribution in [3.05, 3.63) is 36.5 Å². The first kappa shape index (κ1) is 10.5. The molecule has 0 amide bonds. The lowest BCUT2D eigenvalue weighted by molar-refractivity contribution is 0.814. The van der Waals surface area contributed by atoms with Gasteiger partial charge in [-0.3, -0.25) is 0 Å². The fraction of sp³-hybridized carbons (Fsp3) is 0.273. The molecule has 0 aliphatic rings. The summed E-state index contributed by atoms with van der Waals surface area (Å²) >= 11 is 0. The monoisotopic (exact) mass is 217 g/mol. The molecule has 16 heavy (non-hydrogen) atoms. The SMILES string of the molecule is Nc1ccnc(NCCCc2ncc[nH]2)c1. The lowest BCUT2D eigenvalue weighted by atomic mass is 10.3. The maximum Gasteiger partial charge on any atom is 0.127 e. The van der Waals surface area contributed by atoms with Crippen molar-refractivity contribution in [2.75, 3.05) is 17.6 Å². The fourth-order valence-electron chi connectivity index (χ4n) is 1.45. The molecule has 0 spiro atoms. The molecule has 0 radical (unpaired) electrons. The summed E-state index contributed by atoms with van der Waals surface area (Å²) < 4.78 is 0. The highest BCUT2D eigenvalue weighted by atomic mass is 15.0. The van der Waals surface area contributed by atoms with E-state index in [4.69, 9.17) is 5.73 Å². The van der Waals surface area contributed by atoms with Gasteiger partial charge in [0.2, 0.25) is 0 Å². The van der Waals surface area contributed by atoms with Crippen LogP contribution in [0.4, 0.5) is 11.5 Å². The van der Waals surface area contributed by atoms with Crippen molar-refractivity contribution in [2.45, 2.75) is 12.8 Å². The van der Waals surface area contributed by atoms with Gasteiger partial charge in [-0.15, -0.1) is 0 Å². The van der Waals surface area contributed by atoms with E-state index in [2.05, 4.69) is 20.3 Å². The topological polar surface area (TPSA) is 79.6 Å². The van der Waals surface area contributed by atoms with Gasteiger partial charge in [-0.1, -0.05) is 0 Å². The Labute approximate surface area is 94.1 Å². The van der Waals surface area contributed by atoms with E-state index in [-0.39, 0.29) is 0 Å². The number of aryl methyl sites for hydroxylation is 1. The van der Waals surface area contributed by atoms with Gasteiger partial charge in [-0.25, -0.2) is 9.97 Å². The zero-order valence-corrected chi connectivity index (χ0v) is 8.98. The van der Waals surface area contributed by atoms with Gasteiger partial charge in [0.25, 0.3) is 0 Å². The van der Waals surface area contributed by atoms with Crippen molar-refractivity contribution in [3.8, 4) is 0 Å². The number of nitrogens with zero attached hydrogens (tertiary/aromatic N) is 2. The molecule has 5 heteroatoms. The fourth-order valence-corrected chi connectivity index (χ4v) is 1.45. The van der Waals surface area contributed by atoms with E-state index in [1.807, 2.05) is 12.3 Å². The lowest BCUT2D eigenvalue weighted by Gasteiger charge is -2.04. The zero-order valence-electron chi connectivity index (χ0n) is 8.98. The van der Waals surface area contributed by atoms with Crippen LogP contribution < -0.4 is 11.1 Å². The van der Waals surface area contributed by atoms with Gasteiger partial charge < -0.3 is 16.0 Å². The summed E-state index contributed by atoms with van der Waals surface area (Å²) in [5.41, 5.74) is 6.37. The number of nitrogens with two attached hydrogens (primary N) is 1. The third-order valence-electron chi connectivity index (χ3n) is 2.24. The number of aromatic amines is 1. The number of nitrogen functional groups attached to an aromatic ring is 1. The molecule has 0 aromatic carbocycles. The van der Waals surface area contributed by atoms with Gasteiger partial charge >= 0.3 is 0 Å². The minimum Gasteiger partial charge on any atom is -0.399 e. The van der Waals surface area contributed by atoms with Crippen molar-refractivity contribution in [2.24, 2.45) is 0 Å². The number of anilines is 2. The highest BCUT2D eigenvalue weighted by molar-refractivity contribution is 5.48. The molecule has 0 unspecified atom stereocenters. The molecular formula is C11H15N5. The number of imidazole rings is 1. The van der Waals surface area contributed by atoms with Gasteiger partial charge in [-0.05, 0) is 12.5 Å². The molecule has 2 rings (SSSR count). The predicted molar refractivity (Wildman–Crippen MR) is 64.0 cm³/mol. The maximum atomic E-state index is 5.65. The summed E-state index contributed by atoms with van der Waals surface area (Å²) in [6.07, 6.45) is 7.24. The Morgan fingerprint density at radius 3 is 3.00 bits per heavy atom. The van der Waals surface area contributed by atoms with Gasteiger partial charge in [-0.2, -0.15) is 0 Å². The van der Waals surface area contributed by atoms with Crippen molar-refractivity contribution in [3.63, 3.8) is 0 Å². The molecule has 0 aliphatic heterocycles. The zero-order chi connectivity index (χ0) is 11.2. The molecule has 2 heterocycles. The van der Waals surface area contributed by atoms with Crippen LogP contribution in [0.2, 0.25) is 0 Å². The molecule has 0 saturated carbocycles. The first-order valence-electron chi connectivity index (χ1n) is 5.28. The number of pyridine rings is 1. The van der Waals surface area contributed by atoms with E-state index in [9.17, 15) is 0 Å². The van der Waals surface area contributed by atoms with E-state index in [1.54, 1.807) is 18.5 Å². The van der Waals surface area contributed by atoms with Crippen molar-refractivity contribution in [1.82, 2.24) is 15.0 Å². The Kier molecular flexibility index (Phi) is 3.38. The molecule has 2 aromatic rings. The normalized spacial score (nSPS) is 10.2. The van der Waals surface area contributed by atoms with E-state index in [1.165, 1.54) is 0 Å². The summed E-state index contributed by atoms with van der Waals surface area (Å²) in [6, 6.07) is 3.60. The van der Waals surface area contributed by atoms with Crippen LogP contribution in [0.25, 0.3) is 0 Å². The maximum absolute atomic E-state index is 5.65. The average Bonchev–Trinajstić information content (AvgIpc) is 2.77. The Morgan fingerprint density at radius 2 is 2.25 bits per heavy atom. The van der Waals surface area contributed by atoms with Crippen LogP contribution in [0.1, 0.15) is 12.2 Å². The van der Waals surface area contributed by atoms with E-state index >= 15 is 0 Å². The van der Waals surface area contributed by atoms with E-state index in [0.717, 1.165) is 36.7 Å². The number of rotatable bonds is 5. The summed E-state index contributed by atoms with van der Waals surface area (Å²) in [5, 5.41) is 3.22. The first-order valence-corrected chi connectivity index (χ1v) is 5.28. The molecule has 0 aliphatic carbocycles. The van der Waals surface area contributed by atoms with Crippen molar-refractivity contribution >= 4 is 11.5 Å². The summed E-state index contributed by atoms with van der Waals surface area (Å²) in [4.78, 5) is 11.4. The van der Waals surface area contributed by atoms with Crippen LogP contribution in [0.3, 0.4) is 0 Å². The Balaban J connectivity index is 1.72. The predicted octanol–water partition coefficient (Wildman–Crippen LogP) is 1.43. The van der Waals surface area contributed by atoms with Crippen LogP contribution in [0.5, 0.6) is 0 Å². The highest BCUT2D eigenvalue weighted by Crippen LogP contribution is 2.07. The number of H-pyrrole nitrogens is 1. The summed E-state index contributed by atoms with van der Waals surface area (Å²) in [6.45, 7) is 0.858.